The lowest BCUT2D eigenvalue weighted by Crippen LogP contribution is -2.33. The summed E-state index contributed by atoms with van der Waals surface area (Å²) >= 11 is 0. The minimum absolute atomic E-state index is 0.320. The number of rotatable bonds is 7. The van der Waals surface area contributed by atoms with E-state index in [0.29, 0.717) is 17.2 Å². The van der Waals surface area contributed by atoms with Crippen LogP contribution in [0.1, 0.15) is 53.4 Å². The molecule has 2 aliphatic rings. The number of hydrogen-bond acceptors (Lipinski definition) is 5. The summed E-state index contributed by atoms with van der Waals surface area (Å²) in [6, 6.07) is 30.0. The van der Waals surface area contributed by atoms with Crippen molar-refractivity contribution in [3.8, 4) is 11.5 Å². The summed E-state index contributed by atoms with van der Waals surface area (Å²) in [6.45, 7) is 9.52. The van der Waals surface area contributed by atoms with Gasteiger partial charge in [0.25, 0.3) is 0 Å². The maximum atomic E-state index is 13.2. The monoisotopic (exact) mass is 504 g/mol. The Morgan fingerprint density at radius 3 is 2.39 bits per heavy atom. The van der Waals surface area contributed by atoms with Crippen molar-refractivity contribution >= 4 is 17.3 Å². The number of anilines is 2. The summed E-state index contributed by atoms with van der Waals surface area (Å²) in [7, 11) is 0. The molecule has 6 rings (SSSR count). The average Bonchev–Trinajstić information content (AvgIpc) is 3.22. The van der Waals surface area contributed by atoms with Crippen LogP contribution in [0.2, 0.25) is 0 Å². The molecule has 38 heavy (non-hydrogen) atoms. The first kappa shape index (κ1) is 24.3. The molecule has 2 heterocycles. The van der Waals surface area contributed by atoms with Crippen molar-refractivity contribution in [2.75, 3.05) is 18.4 Å². The summed E-state index contributed by atoms with van der Waals surface area (Å²) < 4.78 is 12.9. The molecule has 0 amide bonds. The Kier molecular flexibility index (Phi) is 6.16. The molecular weight excluding hydrogens is 472 g/mol. The van der Waals surface area contributed by atoms with E-state index in [1.54, 1.807) is 0 Å². The van der Waals surface area contributed by atoms with E-state index >= 15 is 0 Å². The van der Waals surface area contributed by atoms with Crippen molar-refractivity contribution in [2.24, 2.45) is 5.92 Å². The molecule has 0 bridgehead atoms. The van der Waals surface area contributed by atoms with E-state index in [4.69, 9.17) is 9.47 Å². The zero-order valence-electron chi connectivity index (χ0n) is 22.0. The summed E-state index contributed by atoms with van der Waals surface area (Å²) in [6.07, 6.45) is 0. The minimum Gasteiger partial charge on any atom is -0.456 e. The zero-order valence-corrected chi connectivity index (χ0v) is 22.0. The van der Waals surface area contributed by atoms with Crippen LogP contribution in [0, 0.1) is 5.92 Å². The highest BCUT2D eigenvalue weighted by molar-refractivity contribution is 5.97. The molecule has 4 aromatic rings. The highest BCUT2D eigenvalue weighted by atomic mass is 16.6. The van der Waals surface area contributed by atoms with Gasteiger partial charge in [-0.1, -0.05) is 69.3 Å². The number of nitrogens with zero attached hydrogens (tertiary/aromatic N) is 1. The zero-order chi connectivity index (χ0) is 26.3. The average molecular weight is 505 g/mol. The van der Waals surface area contributed by atoms with Crippen LogP contribution < -0.4 is 10.1 Å². The lowest BCUT2D eigenvalue weighted by atomic mass is 9.77. The molecule has 1 spiro atoms. The highest BCUT2D eigenvalue weighted by Gasteiger charge is 2.53. The fourth-order valence-electron chi connectivity index (χ4n) is 5.66. The number of ether oxygens (including phenoxy) is 2. The standard InChI is InChI=1S/C33H32N2O3/c1-4-35(20-22(2)3)21-23-14-16-28-31(18-23)37-30-17-15-25(34-24-10-6-5-7-11-24)19-29(30)33(28)27-13-9-8-12-26(27)32(36)38-33/h5-19,22,34H,4,20-21H2,1-3H3. The van der Waals surface area contributed by atoms with Gasteiger partial charge in [-0.25, -0.2) is 4.79 Å². The van der Waals surface area contributed by atoms with Gasteiger partial charge >= 0.3 is 5.97 Å². The van der Waals surface area contributed by atoms with E-state index in [2.05, 4.69) is 49.2 Å². The Morgan fingerprint density at radius 1 is 0.816 bits per heavy atom. The van der Waals surface area contributed by atoms with Crippen molar-refractivity contribution in [2.45, 2.75) is 32.9 Å². The fourth-order valence-corrected chi connectivity index (χ4v) is 5.66. The second kappa shape index (κ2) is 9.66. The lowest BCUT2D eigenvalue weighted by Gasteiger charge is -2.37. The Hall–Kier alpha value is -4.09. The van der Waals surface area contributed by atoms with Crippen LogP contribution in [0.25, 0.3) is 0 Å². The van der Waals surface area contributed by atoms with Crippen LogP contribution in [-0.2, 0) is 16.9 Å². The molecule has 2 aliphatic heterocycles. The van der Waals surface area contributed by atoms with Crippen LogP contribution in [-0.4, -0.2) is 24.0 Å². The van der Waals surface area contributed by atoms with E-state index in [1.165, 1.54) is 5.56 Å². The van der Waals surface area contributed by atoms with Gasteiger partial charge in [0.05, 0.1) is 5.56 Å². The predicted octanol–water partition coefficient (Wildman–Crippen LogP) is 7.48. The molecule has 0 saturated carbocycles. The lowest BCUT2D eigenvalue weighted by molar-refractivity contribution is 0.0224. The Balaban J connectivity index is 1.47. The number of carbonyl (C=O) groups is 1. The molecule has 0 aromatic heterocycles. The normalized spacial score (nSPS) is 17.1. The SMILES string of the molecule is CCN(Cc1ccc2c(c1)Oc1ccc(Nc3ccccc3)cc1C21OC(=O)c2ccccc21)CC(C)C. The van der Waals surface area contributed by atoms with Gasteiger partial charge < -0.3 is 14.8 Å². The van der Waals surface area contributed by atoms with E-state index < -0.39 is 5.60 Å². The van der Waals surface area contributed by atoms with Crippen molar-refractivity contribution < 1.29 is 14.3 Å². The van der Waals surface area contributed by atoms with E-state index in [0.717, 1.165) is 53.4 Å². The molecule has 0 fully saturated rings. The van der Waals surface area contributed by atoms with Crippen molar-refractivity contribution in [3.63, 3.8) is 0 Å². The van der Waals surface area contributed by atoms with Crippen molar-refractivity contribution in [1.82, 2.24) is 4.90 Å². The second-order valence-corrected chi connectivity index (χ2v) is 10.5. The number of benzene rings is 4. The quantitative estimate of drug-likeness (QED) is 0.265. The molecule has 192 valence electrons. The van der Waals surface area contributed by atoms with E-state index in [1.807, 2.05) is 72.8 Å². The minimum atomic E-state index is -1.08. The second-order valence-electron chi connectivity index (χ2n) is 10.5. The molecule has 0 saturated heterocycles. The molecule has 0 radical (unpaired) electrons. The van der Waals surface area contributed by atoms with Crippen molar-refractivity contribution in [3.05, 3.63) is 119 Å². The number of fused-ring (bicyclic) bond motifs is 6. The van der Waals surface area contributed by atoms with Gasteiger partial charge in [-0.05, 0) is 60.5 Å². The van der Waals surface area contributed by atoms with Gasteiger partial charge in [-0.15, -0.1) is 0 Å². The first-order valence-corrected chi connectivity index (χ1v) is 13.3. The number of hydrogen-bond donors (Lipinski definition) is 1. The van der Waals surface area contributed by atoms with Gasteiger partial charge in [-0.3, -0.25) is 4.90 Å². The van der Waals surface area contributed by atoms with Gasteiger partial charge in [0.2, 0.25) is 0 Å². The van der Waals surface area contributed by atoms with Crippen LogP contribution in [0.4, 0.5) is 11.4 Å². The van der Waals surface area contributed by atoms with Crippen LogP contribution in [0.5, 0.6) is 11.5 Å². The largest absolute Gasteiger partial charge is 0.456 e. The summed E-state index contributed by atoms with van der Waals surface area (Å²) in [5.74, 6) is 1.68. The summed E-state index contributed by atoms with van der Waals surface area (Å²) in [5.41, 5.74) is 5.06. The maximum absolute atomic E-state index is 13.2. The number of para-hydroxylation sites is 1. The Labute approximate surface area is 224 Å². The number of carbonyl (C=O) groups excluding carboxylic acids is 1. The first-order valence-electron chi connectivity index (χ1n) is 13.3. The topological polar surface area (TPSA) is 50.8 Å². The van der Waals surface area contributed by atoms with E-state index in [9.17, 15) is 4.79 Å². The molecule has 0 aliphatic carbocycles. The van der Waals surface area contributed by atoms with Gasteiger partial charge in [0.1, 0.15) is 11.5 Å². The maximum Gasteiger partial charge on any atom is 0.340 e. The third-order valence-corrected chi connectivity index (χ3v) is 7.32. The number of nitrogens with one attached hydrogen (secondary N) is 1. The Bertz CT molecular complexity index is 1500. The fraction of sp³-hybridized carbons (Fsp3) is 0.242. The smallest absolute Gasteiger partial charge is 0.340 e. The van der Waals surface area contributed by atoms with Crippen LogP contribution >= 0.6 is 0 Å². The number of esters is 1. The van der Waals surface area contributed by atoms with E-state index in [-0.39, 0.29) is 5.97 Å². The summed E-state index contributed by atoms with van der Waals surface area (Å²) in [5, 5.41) is 3.47. The van der Waals surface area contributed by atoms with Gasteiger partial charge in [-0.2, -0.15) is 0 Å². The molecule has 1 atom stereocenters. The first-order chi connectivity index (χ1) is 18.5. The molecule has 5 heteroatoms. The highest BCUT2D eigenvalue weighted by Crippen LogP contribution is 2.56. The summed E-state index contributed by atoms with van der Waals surface area (Å²) in [4.78, 5) is 15.6. The third kappa shape index (κ3) is 4.13. The van der Waals surface area contributed by atoms with Gasteiger partial charge in [0.15, 0.2) is 5.60 Å². The Morgan fingerprint density at radius 2 is 1.61 bits per heavy atom. The molecular formula is C33H32N2O3. The third-order valence-electron chi connectivity index (χ3n) is 7.32. The predicted molar refractivity (Wildman–Crippen MR) is 150 cm³/mol. The molecule has 1 N–H and O–H groups in total. The van der Waals surface area contributed by atoms with Crippen LogP contribution in [0.3, 0.4) is 0 Å². The molecule has 1 unspecified atom stereocenters. The molecule has 4 aromatic carbocycles. The van der Waals surface area contributed by atoms with Crippen molar-refractivity contribution in [1.29, 1.82) is 0 Å². The molecule has 5 nitrogen and oxygen atoms in total. The van der Waals surface area contributed by atoms with Gasteiger partial charge in [0, 0.05) is 41.2 Å². The van der Waals surface area contributed by atoms with Crippen LogP contribution in [0.15, 0.2) is 91.0 Å².